The Morgan fingerprint density at radius 2 is 1.77 bits per heavy atom. The summed E-state index contributed by atoms with van der Waals surface area (Å²) in [4.78, 5) is 20.7. The number of benzene rings is 1. The van der Waals surface area contributed by atoms with Crippen LogP contribution in [0.5, 0.6) is 0 Å². The summed E-state index contributed by atoms with van der Waals surface area (Å²) in [5, 5.41) is 2.10. The van der Waals surface area contributed by atoms with Gasteiger partial charge >= 0.3 is 6.98 Å². The van der Waals surface area contributed by atoms with E-state index in [4.69, 9.17) is 9.40 Å². The van der Waals surface area contributed by atoms with E-state index in [0.29, 0.717) is 5.71 Å². The van der Waals surface area contributed by atoms with Gasteiger partial charge in [0.2, 0.25) is 5.71 Å². The largest absolute Gasteiger partial charge is 0.436 e. The van der Waals surface area contributed by atoms with Gasteiger partial charge in [-0.25, -0.2) is 15.0 Å². The minimum Gasteiger partial charge on any atom is -0.436 e. The Morgan fingerprint density at radius 1 is 1.00 bits per heavy atom. The van der Waals surface area contributed by atoms with E-state index >= 15 is 0 Å². The van der Waals surface area contributed by atoms with Crippen LogP contribution in [0, 0.1) is 6.92 Å². The molecule has 8 heteroatoms. The zero-order chi connectivity index (χ0) is 21.1. The number of nitrogens with zero attached hydrogens (tertiary/aromatic N) is 6. The molecular formula is C23H21BN6O. The van der Waals surface area contributed by atoms with Gasteiger partial charge in [0.25, 0.3) is 0 Å². The first-order valence-corrected chi connectivity index (χ1v) is 10.4. The molecule has 0 unspecified atom stereocenters. The molecule has 0 spiro atoms. The first kappa shape index (κ1) is 18.0. The average molecular weight is 408 g/mol. The molecule has 0 fully saturated rings. The fourth-order valence-corrected chi connectivity index (χ4v) is 4.61. The SMILES string of the molecule is Cc1ccc2c3c(oc2n1)=CN(C)B(N1c2nccnc2N(c2ccccc2)[C@@H]1C)C=3. The molecule has 0 saturated heterocycles. The molecule has 0 radical (unpaired) electrons. The summed E-state index contributed by atoms with van der Waals surface area (Å²) in [6, 6.07) is 14.4. The third-order valence-electron chi connectivity index (χ3n) is 6.04. The maximum atomic E-state index is 6.04. The molecule has 0 aliphatic carbocycles. The summed E-state index contributed by atoms with van der Waals surface area (Å²) >= 11 is 0. The van der Waals surface area contributed by atoms with Gasteiger partial charge in [-0.05, 0) is 45.2 Å². The van der Waals surface area contributed by atoms with Crippen molar-refractivity contribution in [2.24, 2.45) is 0 Å². The summed E-state index contributed by atoms with van der Waals surface area (Å²) in [5.41, 5.74) is 3.54. The van der Waals surface area contributed by atoms with Crippen molar-refractivity contribution in [2.75, 3.05) is 16.8 Å². The van der Waals surface area contributed by atoms with E-state index in [2.05, 4.69) is 62.6 Å². The molecule has 152 valence electrons. The quantitative estimate of drug-likeness (QED) is 0.472. The molecule has 4 aromatic rings. The maximum absolute atomic E-state index is 6.04. The molecule has 0 N–H and O–H groups in total. The molecule has 31 heavy (non-hydrogen) atoms. The standard InChI is InChI=1S/C23H21BN6O/c1-15-9-10-18-19-13-24(28(3)14-20(19)31-23(18)27-15)30-16(2)29(17-7-5-4-6-8-17)21-22(30)26-12-11-25-21/h4-14,16H,1-3H3/t16-/m0/s1. The highest BCUT2D eigenvalue weighted by molar-refractivity contribution is 6.75. The van der Waals surface area contributed by atoms with Crippen LogP contribution in [-0.2, 0) is 0 Å². The summed E-state index contributed by atoms with van der Waals surface area (Å²) in [6.07, 6.45) is 5.58. The molecular weight excluding hydrogens is 387 g/mol. The van der Waals surface area contributed by atoms with E-state index in [1.54, 1.807) is 12.4 Å². The molecule has 6 rings (SSSR count). The molecule has 0 bridgehead atoms. The lowest BCUT2D eigenvalue weighted by Gasteiger charge is -2.36. The van der Waals surface area contributed by atoms with Gasteiger partial charge in [-0.2, -0.15) is 0 Å². The Balaban J connectivity index is 1.52. The fourth-order valence-electron chi connectivity index (χ4n) is 4.61. The van der Waals surface area contributed by atoms with Gasteiger partial charge in [0.1, 0.15) is 0 Å². The number of hydrogen-bond donors (Lipinski definition) is 0. The summed E-state index contributed by atoms with van der Waals surface area (Å²) in [6.45, 7) is 4.11. The Labute approximate surface area is 180 Å². The fraction of sp³-hybridized carbons (Fsp3) is 0.174. The van der Waals surface area contributed by atoms with E-state index in [9.17, 15) is 0 Å². The topological polar surface area (TPSA) is 61.5 Å². The van der Waals surface area contributed by atoms with Crippen molar-refractivity contribution < 1.29 is 4.42 Å². The summed E-state index contributed by atoms with van der Waals surface area (Å²) in [5.74, 6) is 3.97. The third kappa shape index (κ3) is 2.64. The second kappa shape index (κ2) is 6.60. The highest BCUT2D eigenvalue weighted by atomic mass is 16.3. The van der Waals surface area contributed by atoms with Crippen LogP contribution in [0.4, 0.5) is 17.3 Å². The molecule has 2 aliphatic rings. The molecule has 1 atom stereocenters. The maximum Gasteiger partial charge on any atom is 0.406 e. The van der Waals surface area contributed by atoms with Gasteiger partial charge in [0.15, 0.2) is 17.1 Å². The molecule has 7 nitrogen and oxygen atoms in total. The Bertz CT molecular complexity index is 1420. The Hall–Kier alpha value is -3.81. The third-order valence-corrected chi connectivity index (χ3v) is 6.04. The molecule has 0 saturated carbocycles. The van der Waals surface area contributed by atoms with Crippen LogP contribution in [0.1, 0.15) is 12.6 Å². The van der Waals surface area contributed by atoms with Gasteiger partial charge in [0.05, 0.1) is 6.17 Å². The lowest BCUT2D eigenvalue weighted by molar-refractivity contribution is 0.550. The lowest BCUT2D eigenvalue weighted by Crippen LogP contribution is -2.56. The number of fused-ring (bicyclic) bond motifs is 4. The number of hydrogen-bond acceptors (Lipinski definition) is 7. The number of anilines is 3. The molecule has 0 amide bonds. The van der Waals surface area contributed by atoms with Crippen LogP contribution in [0.15, 0.2) is 59.3 Å². The van der Waals surface area contributed by atoms with Crippen LogP contribution in [0.2, 0.25) is 0 Å². The van der Waals surface area contributed by atoms with Gasteiger partial charge in [-0.15, -0.1) is 0 Å². The molecule has 3 aromatic heterocycles. The molecule has 2 aliphatic heterocycles. The van der Waals surface area contributed by atoms with Crippen molar-refractivity contribution in [1.29, 1.82) is 0 Å². The summed E-state index contributed by atoms with van der Waals surface area (Å²) in [7, 11) is 2.06. The first-order chi connectivity index (χ1) is 15.1. The van der Waals surface area contributed by atoms with Gasteiger partial charge in [-0.3, -0.25) is 0 Å². The van der Waals surface area contributed by atoms with Crippen molar-refractivity contribution in [3.8, 4) is 0 Å². The Morgan fingerprint density at radius 3 is 2.58 bits per heavy atom. The smallest absolute Gasteiger partial charge is 0.406 e. The minimum absolute atomic E-state index is 0.0250. The first-order valence-electron chi connectivity index (χ1n) is 10.4. The van der Waals surface area contributed by atoms with E-state index in [-0.39, 0.29) is 13.1 Å². The lowest BCUT2D eigenvalue weighted by atomic mass is 9.69. The van der Waals surface area contributed by atoms with Crippen molar-refractivity contribution in [3.05, 3.63) is 71.2 Å². The van der Waals surface area contributed by atoms with Crippen LogP contribution in [0.3, 0.4) is 0 Å². The van der Waals surface area contributed by atoms with Crippen molar-refractivity contribution in [1.82, 2.24) is 19.8 Å². The van der Waals surface area contributed by atoms with Crippen molar-refractivity contribution in [3.63, 3.8) is 0 Å². The van der Waals surface area contributed by atoms with Gasteiger partial charge < -0.3 is 18.9 Å². The van der Waals surface area contributed by atoms with Gasteiger partial charge in [-0.1, -0.05) is 24.2 Å². The number of furan rings is 1. The number of rotatable bonds is 2. The predicted molar refractivity (Wildman–Crippen MR) is 123 cm³/mol. The van der Waals surface area contributed by atoms with E-state index in [1.165, 1.54) is 0 Å². The van der Waals surface area contributed by atoms with E-state index < -0.39 is 0 Å². The number of para-hydroxylation sites is 1. The van der Waals surface area contributed by atoms with Gasteiger partial charge in [0, 0.05) is 40.6 Å². The predicted octanol–water partition coefficient (Wildman–Crippen LogP) is 2.42. The van der Waals surface area contributed by atoms with Crippen LogP contribution in [0.25, 0.3) is 23.3 Å². The zero-order valence-corrected chi connectivity index (χ0v) is 17.6. The van der Waals surface area contributed by atoms with Crippen LogP contribution in [-0.4, -0.2) is 40.0 Å². The highest BCUT2D eigenvalue weighted by Gasteiger charge is 2.43. The van der Waals surface area contributed by atoms with Crippen LogP contribution < -0.4 is 20.3 Å². The number of aryl methyl sites for hydroxylation is 1. The Kier molecular flexibility index (Phi) is 3.83. The second-order valence-corrected chi connectivity index (χ2v) is 8.01. The minimum atomic E-state index is -0.0474. The zero-order valence-electron chi connectivity index (χ0n) is 17.6. The number of pyridine rings is 1. The van der Waals surface area contributed by atoms with Crippen LogP contribution >= 0.6 is 0 Å². The summed E-state index contributed by atoms with van der Waals surface area (Å²) < 4.78 is 6.04. The average Bonchev–Trinajstić information content (AvgIpc) is 3.26. The second-order valence-electron chi connectivity index (χ2n) is 8.01. The molecule has 5 heterocycles. The number of aromatic nitrogens is 3. The van der Waals surface area contributed by atoms with Crippen molar-refractivity contribution >= 4 is 47.6 Å². The van der Waals surface area contributed by atoms with E-state index in [1.807, 2.05) is 37.4 Å². The normalized spacial score (nSPS) is 17.5. The monoisotopic (exact) mass is 408 g/mol. The van der Waals surface area contributed by atoms with Crippen molar-refractivity contribution in [2.45, 2.75) is 20.0 Å². The highest BCUT2D eigenvalue weighted by Crippen LogP contribution is 2.41. The van der Waals surface area contributed by atoms with E-state index in [0.717, 1.165) is 39.0 Å². The molecule has 1 aromatic carbocycles.